The molecule has 1 aromatic carbocycles. The number of hydrogen-bond donors (Lipinski definition) is 1. The SMILES string of the molecule is C=Cc1nc(C2CC2)n2c1C(CCc1ccc(C(F)(F)F)c(F)c1)N(C(=O)O)CC2. The molecule has 9 heteroatoms. The lowest BCUT2D eigenvalue weighted by Gasteiger charge is -2.35. The number of alkyl halides is 3. The number of aryl methyl sites for hydroxylation is 1. The van der Waals surface area contributed by atoms with Gasteiger partial charge < -0.3 is 9.67 Å². The van der Waals surface area contributed by atoms with Crippen LogP contribution in [0.3, 0.4) is 0 Å². The fourth-order valence-corrected chi connectivity index (χ4v) is 4.17. The summed E-state index contributed by atoms with van der Waals surface area (Å²) in [6.45, 7) is 4.59. The van der Waals surface area contributed by atoms with E-state index in [0.717, 1.165) is 36.5 Å². The van der Waals surface area contributed by atoms with Gasteiger partial charge in [-0.15, -0.1) is 0 Å². The maximum atomic E-state index is 13.9. The standard InChI is InChI=1S/C21H21F4N3O2/c1-2-16-18-17(8-4-12-3-7-14(15(22)11-12)21(23,24)25)27(20(29)30)9-10-28(18)19(26-16)13-5-6-13/h2-3,7,11,13,17H,1,4-6,8-10H2,(H,29,30). The Hall–Kier alpha value is -2.84. The van der Waals surface area contributed by atoms with Gasteiger partial charge in [0.15, 0.2) is 0 Å². The number of imidazole rings is 1. The predicted octanol–water partition coefficient (Wildman–Crippen LogP) is 5.23. The molecule has 1 amide bonds. The first-order chi connectivity index (χ1) is 14.2. The van der Waals surface area contributed by atoms with Crippen LogP contribution in [0.5, 0.6) is 0 Å². The zero-order chi connectivity index (χ0) is 21.6. The molecule has 1 aromatic heterocycles. The second-order valence-electron chi connectivity index (χ2n) is 7.71. The van der Waals surface area contributed by atoms with Crippen LogP contribution >= 0.6 is 0 Å². The van der Waals surface area contributed by atoms with E-state index in [2.05, 4.69) is 16.1 Å². The topological polar surface area (TPSA) is 58.4 Å². The Balaban J connectivity index is 1.63. The minimum absolute atomic E-state index is 0.226. The molecule has 2 aliphatic rings. The van der Waals surface area contributed by atoms with Crippen LogP contribution in [0.15, 0.2) is 24.8 Å². The van der Waals surface area contributed by atoms with Gasteiger partial charge in [0.2, 0.25) is 0 Å². The zero-order valence-corrected chi connectivity index (χ0v) is 16.1. The van der Waals surface area contributed by atoms with Crippen molar-refractivity contribution in [3.8, 4) is 0 Å². The van der Waals surface area contributed by atoms with Crippen LogP contribution in [0, 0.1) is 5.82 Å². The first kappa shape index (κ1) is 20.4. The van der Waals surface area contributed by atoms with Crippen LogP contribution in [0.25, 0.3) is 6.08 Å². The molecule has 2 heterocycles. The summed E-state index contributed by atoms with van der Waals surface area (Å²) in [5.41, 5.74) is 0.460. The molecule has 0 spiro atoms. The van der Waals surface area contributed by atoms with E-state index < -0.39 is 29.7 Å². The van der Waals surface area contributed by atoms with Gasteiger partial charge in [0.05, 0.1) is 23.0 Å². The summed E-state index contributed by atoms with van der Waals surface area (Å²) in [5, 5.41) is 9.68. The van der Waals surface area contributed by atoms with Crippen molar-refractivity contribution in [1.82, 2.24) is 14.5 Å². The summed E-state index contributed by atoms with van der Waals surface area (Å²) < 4.78 is 54.3. The Bertz CT molecular complexity index is 995. The molecule has 1 atom stereocenters. The van der Waals surface area contributed by atoms with Crippen molar-refractivity contribution in [2.45, 2.75) is 50.4 Å². The summed E-state index contributed by atoms with van der Waals surface area (Å²) in [4.78, 5) is 17.8. The predicted molar refractivity (Wildman–Crippen MR) is 101 cm³/mol. The Labute approximate surface area is 170 Å². The van der Waals surface area contributed by atoms with E-state index in [1.54, 1.807) is 6.08 Å². The number of rotatable bonds is 5. The van der Waals surface area contributed by atoms with Gasteiger partial charge in [-0.3, -0.25) is 4.90 Å². The van der Waals surface area contributed by atoms with E-state index in [0.29, 0.717) is 36.7 Å². The highest BCUT2D eigenvalue weighted by molar-refractivity contribution is 5.66. The normalized spacial score (nSPS) is 18.9. The van der Waals surface area contributed by atoms with E-state index >= 15 is 0 Å². The third-order valence-electron chi connectivity index (χ3n) is 5.75. The number of aromatic nitrogens is 2. The second-order valence-corrected chi connectivity index (χ2v) is 7.71. The van der Waals surface area contributed by atoms with Crippen LogP contribution in [0.1, 0.15) is 59.6 Å². The quantitative estimate of drug-likeness (QED) is 0.670. The van der Waals surface area contributed by atoms with E-state index in [1.807, 2.05) is 0 Å². The molecule has 4 rings (SSSR count). The summed E-state index contributed by atoms with van der Waals surface area (Å²) >= 11 is 0. The van der Waals surface area contributed by atoms with Crippen molar-refractivity contribution in [2.24, 2.45) is 0 Å². The molecule has 0 bridgehead atoms. The van der Waals surface area contributed by atoms with Gasteiger partial charge >= 0.3 is 12.3 Å². The van der Waals surface area contributed by atoms with Gasteiger partial charge in [-0.25, -0.2) is 14.2 Å². The van der Waals surface area contributed by atoms with Gasteiger partial charge in [0, 0.05) is 19.0 Å². The number of amides is 1. The number of halogens is 4. The van der Waals surface area contributed by atoms with Crippen molar-refractivity contribution in [3.05, 3.63) is 58.9 Å². The van der Waals surface area contributed by atoms with Crippen LogP contribution < -0.4 is 0 Å². The summed E-state index contributed by atoms with van der Waals surface area (Å²) in [5.74, 6) is -0.0134. The number of benzene rings is 1. The molecule has 1 saturated carbocycles. The monoisotopic (exact) mass is 423 g/mol. The van der Waals surface area contributed by atoms with Gasteiger partial charge in [-0.1, -0.05) is 12.6 Å². The molecule has 5 nitrogen and oxygen atoms in total. The number of carbonyl (C=O) groups is 1. The van der Waals surface area contributed by atoms with Crippen LogP contribution in [-0.4, -0.2) is 32.2 Å². The van der Waals surface area contributed by atoms with E-state index in [1.165, 1.54) is 11.0 Å². The van der Waals surface area contributed by atoms with Crippen LogP contribution in [0.4, 0.5) is 22.4 Å². The minimum Gasteiger partial charge on any atom is -0.465 e. The Morgan fingerprint density at radius 1 is 1.30 bits per heavy atom. The molecule has 30 heavy (non-hydrogen) atoms. The smallest absolute Gasteiger partial charge is 0.419 e. The van der Waals surface area contributed by atoms with Crippen molar-refractivity contribution in [2.75, 3.05) is 6.54 Å². The van der Waals surface area contributed by atoms with Gasteiger partial charge in [-0.2, -0.15) is 13.2 Å². The highest BCUT2D eigenvalue weighted by Crippen LogP contribution is 2.43. The molecule has 1 fully saturated rings. The second kappa shape index (κ2) is 7.45. The lowest BCUT2D eigenvalue weighted by molar-refractivity contribution is -0.140. The molecule has 0 radical (unpaired) electrons. The average Bonchev–Trinajstić information content (AvgIpc) is 3.45. The van der Waals surface area contributed by atoms with Crippen molar-refractivity contribution < 1.29 is 27.5 Å². The number of fused-ring (bicyclic) bond motifs is 1. The molecule has 1 aliphatic carbocycles. The average molecular weight is 423 g/mol. The first-order valence-corrected chi connectivity index (χ1v) is 9.78. The number of hydrogen-bond acceptors (Lipinski definition) is 2. The minimum atomic E-state index is -4.75. The van der Waals surface area contributed by atoms with E-state index in [4.69, 9.17) is 0 Å². The van der Waals surface area contributed by atoms with Crippen molar-refractivity contribution >= 4 is 12.2 Å². The molecule has 1 N–H and O–H groups in total. The summed E-state index contributed by atoms with van der Waals surface area (Å²) in [6.07, 6.45) is -1.60. The maximum absolute atomic E-state index is 13.9. The van der Waals surface area contributed by atoms with Gasteiger partial charge in [0.25, 0.3) is 0 Å². The Kier molecular flexibility index (Phi) is 5.07. The lowest BCUT2D eigenvalue weighted by Crippen LogP contribution is -2.42. The fraction of sp³-hybridized carbons (Fsp3) is 0.429. The number of nitrogens with zero attached hydrogens (tertiary/aromatic N) is 3. The van der Waals surface area contributed by atoms with Gasteiger partial charge in [0.1, 0.15) is 11.6 Å². The lowest BCUT2D eigenvalue weighted by atomic mass is 9.98. The molecular weight excluding hydrogens is 402 g/mol. The van der Waals surface area contributed by atoms with E-state index in [-0.39, 0.29) is 6.42 Å². The van der Waals surface area contributed by atoms with Crippen molar-refractivity contribution in [3.63, 3.8) is 0 Å². The van der Waals surface area contributed by atoms with Crippen LogP contribution in [0.2, 0.25) is 0 Å². The van der Waals surface area contributed by atoms with E-state index in [9.17, 15) is 27.5 Å². The highest BCUT2D eigenvalue weighted by atomic mass is 19.4. The molecule has 1 unspecified atom stereocenters. The Morgan fingerprint density at radius 3 is 2.60 bits per heavy atom. The number of carboxylic acid groups (broad SMARTS) is 1. The highest BCUT2D eigenvalue weighted by Gasteiger charge is 2.38. The van der Waals surface area contributed by atoms with Crippen molar-refractivity contribution in [1.29, 1.82) is 0 Å². The first-order valence-electron chi connectivity index (χ1n) is 9.78. The largest absolute Gasteiger partial charge is 0.465 e. The van der Waals surface area contributed by atoms with Gasteiger partial charge in [-0.05, 0) is 49.5 Å². The molecule has 160 valence electrons. The summed E-state index contributed by atoms with van der Waals surface area (Å²) in [7, 11) is 0. The third-order valence-corrected chi connectivity index (χ3v) is 5.75. The molecule has 0 saturated heterocycles. The molecule has 2 aromatic rings. The zero-order valence-electron chi connectivity index (χ0n) is 16.1. The fourth-order valence-electron chi connectivity index (χ4n) is 4.17. The third kappa shape index (κ3) is 3.68. The maximum Gasteiger partial charge on any atom is 0.419 e. The summed E-state index contributed by atoms with van der Waals surface area (Å²) in [6, 6.07) is 2.30. The molecule has 1 aliphatic heterocycles. The molecular formula is C21H21F4N3O2. The Morgan fingerprint density at radius 2 is 2.03 bits per heavy atom. The van der Waals surface area contributed by atoms with Crippen LogP contribution in [-0.2, 0) is 19.1 Å².